The number of amides is 2. The summed E-state index contributed by atoms with van der Waals surface area (Å²) in [5.41, 5.74) is 1.93. The predicted molar refractivity (Wildman–Crippen MR) is 152 cm³/mol. The van der Waals surface area contributed by atoms with Crippen LogP contribution in [0.4, 0.5) is 0 Å². The predicted octanol–water partition coefficient (Wildman–Crippen LogP) is 6.39. The van der Waals surface area contributed by atoms with Crippen molar-refractivity contribution in [3.05, 3.63) is 95.0 Å². The van der Waals surface area contributed by atoms with Crippen LogP contribution in [0.5, 0.6) is 5.75 Å². The number of unbranched alkanes of at least 4 members (excludes halogenated alkanes) is 1. The van der Waals surface area contributed by atoms with Crippen molar-refractivity contribution in [3.8, 4) is 5.75 Å². The number of hydrogen-bond donors (Lipinski definition) is 1. The van der Waals surface area contributed by atoms with E-state index in [0.717, 1.165) is 34.6 Å². The van der Waals surface area contributed by atoms with Gasteiger partial charge in [-0.2, -0.15) is 0 Å². The Morgan fingerprint density at radius 2 is 1.73 bits per heavy atom. The average Bonchev–Trinajstić information content (AvgIpc) is 2.92. The quantitative estimate of drug-likeness (QED) is 0.191. The zero-order valence-corrected chi connectivity index (χ0v) is 23.1. The molecule has 0 aliphatic carbocycles. The van der Waals surface area contributed by atoms with Crippen LogP contribution >= 0.6 is 23.4 Å². The van der Waals surface area contributed by atoms with Crippen LogP contribution in [0.15, 0.2) is 83.8 Å². The van der Waals surface area contributed by atoms with Gasteiger partial charge in [-0.25, -0.2) is 0 Å². The highest BCUT2D eigenvalue weighted by Gasteiger charge is 2.30. The van der Waals surface area contributed by atoms with Crippen LogP contribution in [0.3, 0.4) is 0 Å². The SMILES string of the molecule is CCCCNC(=O)[C@H](Cc1ccccc1)N(Cc1cccc(OC)c1)C(=O)CCSc1ccc(Cl)cc1. The number of methoxy groups -OCH3 is 1. The molecule has 0 saturated heterocycles. The van der Waals surface area contributed by atoms with Gasteiger partial charge in [-0.05, 0) is 53.9 Å². The van der Waals surface area contributed by atoms with E-state index in [9.17, 15) is 9.59 Å². The van der Waals surface area contributed by atoms with Crippen molar-refractivity contribution in [2.24, 2.45) is 0 Å². The van der Waals surface area contributed by atoms with Gasteiger partial charge in [0.15, 0.2) is 0 Å². The van der Waals surface area contributed by atoms with Gasteiger partial charge in [-0.1, -0.05) is 67.4 Å². The lowest BCUT2D eigenvalue weighted by Crippen LogP contribution is -2.50. The summed E-state index contributed by atoms with van der Waals surface area (Å²) in [6, 6.07) is 24.5. The number of halogens is 1. The van der Waals surface area contributed by atoms with Gasteiger partial charge in [0, 0.05) is 41.6 Å². The lowest BCUT2D eigenvalue weighted by Gasteiger charge is -2.31. The summed E-state index contributed by atoms with van der Waals surface area (Å²) in [4.78, 5) is 29.9. The first-order valence-corrected chi connectivity index (χ1v) is 14.0. The molecule has 0 unspecified atom stereocenters. The number of benzene rings is 3. The molecule has 0 radical (unpaired) electrons. The fourth-order valence-electron chi connectivity index (χ4n) is 3.96. The number of hydrogen-bond acceptors (Lipinski definition) is 4. The van der Waals surface area contributed by atoms with E-state index in [1.807, 2.05) is 78.9 Å². The molecule has 0 heterocycles. The zero-order valence-electron chi connectivity index (χ0n) is 21.5. The Bertz CT molecular complexity index is 1130. The van der Waals surface area contributed by atoms with Crippen molar-refractivity contribution in [3.63, 3.8) is 0 Å². The molecule has 0 fully saturated rings. The maximum atomic E-state index is 13.7. The van der Waals surface area contributed by atoms with E-state index in [2.05, 4.69) is 12.2 Å². The Balaban J connectivity index is 1.84. The van der Waals surface area contributed by atoms with Gasteiger partial charge in [0.25, 0.3) is 0 Å². The molecule has 1 atom stereocenters. The van der Waals surface area contributed by atoms with Crippen molar-refractivity contribution >= 4 is 35.2 Å². The summed E-state index contributed by atoms with van der Waals surface area (Å²) in [7, 11) is 1.62. The van der Waals surface area contributed by atoms with Crippen LogP contribution in [-0.2, 0) is 22.6 Å². The first kappa shape index (κ1) is 28.6. The van der Waals surface area contributed by atoms with Gasteiger partial charge in [0.05, 0.1) is 7.11 Å². The summed E-state index contributed by atoms with van der Waals surface area (Å²) >= 11 is 7.60. The maximum Gasteiger partial charge on any atom is 0.243 e. The summed E-state index contributed by atoms with van der Waals surface area (Å²) in [6.45, 7) is 3.00. The van der Waals surface area contributed by atoms with Gasteiger partial charge < -0.3 is 15.0 Å². The van der Waals surface area contributed by atoms with Crippen LogP contribution in [-0.4, -0.2) is 42.2 Å². The lowest BCUT2D eigenvalue weighted by atomic mass is 10.0. The summed E-state index contributed by atoms with van der Waals surface area (Å²) in [5, 5.41) is 3.74. The van der Waals surface area contributed by atoms with Gasteiger partial charge in [-0.3, -0.25) is 9.59 Å². The molecule has 3 aromatic rings. The van der Waals surface area contributed by atoms with Crippen LogP contribution in [0.2, 0.25) is 5.02 Å². The summed E-state index contributed by atoms with van der Waals surface area (Å²) in [6.07, 6.45) is 2.63. The molecule has 0 bridgehead atoms. The molecule has 5 nitrogen and oxygen atoms in total. The maximum absolute atomic E-state index is 13.7. The summed E-state index contributed by atoms with van der Waals surface area (Å²) in [5.74, 6) is 1.13. The molecule has 0 aromatic heterocycles. The minimum Gasteiger partial charge on any atom is -0.497 e. The van der Waals surface area contributed by atoms with Crippen molar-refractivity contribution in [2.45, 2.75) is 50.1 Å². The molecule has 0 spiro atoms. The van der Waals surface area contributed by atoms with Crippen LogP contribution in [0.1, 0.15) is 37.3 Å². The van der Waals surface area contributed by atoms with Crippen LogP contribution in [0.25, 0.3) is 0 Å². The lowest BCUT2D eigenvalue weighted by molar-refractivity contribution is -0.141. The monoisotopic (exact) mass is 538 g/mol. The fourth-order valence-corrected chi connectivity index (χ4v) is 4.93. The number of ether oxygens (including phenoxy) is 1. The molecular weight excluding hydrogens is 504 g/mol. The highest BCUT2D eigenvalue weighted by Crippen LogP contribution is 2.23. The average molecular weight is 539 g/mol. The molecule has 0 aliphatic rings. The second-order valence-corrected chi connectivity index (χ2v) is 10.4. The molecule has 3 rings (SSSR count). The number of nitrogens with zero attached hydrogens (tertiary/aromatic N) is 1. The van der Waals surface area contributed by atoms with E-state index in [4.69, 9.17) is 16.3 Å². The minimum absolute atomic E-state index is 0.0594. The number of nitrogens with one attached hydrogen (secondary N) is 1. The van der Waals surface area contributed by atoms with E-state index in [1.54, 1.807) is 23.8 Å². The topological polar surface area (TPSA) is 58.6 Å². The minimum atomic E-state index is -0.626. The van der Waals surface area contributed by atoms with E-state index in [0.29, 0.717) is 36.7 Å². The Morgan fingerprint density at radius 1 is 1.00 bits per heavy atom. The Hall–Kier alpha value is -2.96. The standard InChI is InChI=1S/C30H35ClN2O3S/c1-3-4-18-32-30(35)28(21-23-9-6-5-7-10-23)33(22-24-11-8-12-26(20-24)36-2)29(34)17-19-37-27-15-13-25(31)14-16-27/h5-16,20,28H,3-4,17-19,21-22H2,1-2H3,(H,32,35)/t28-/m0/s1. The van der Waals surface area contributed by atoms with Gasteiger partial charge in [-0.15, -0.1) is 11.8 Å². The van der Waals surface area contributed by atoms with Crippen molar-refractivity contribution in [1.29, 1.82) is 0 Å². The van der Waals surface area contributed by atoms with Gasteiger partial charge in [0.1, 0.15) is 11.8 Å². The molecule has 1 N–H and O–H groups in total. The molecule has 196 valence electrons. The van der Waals surface area contributed by atoms with E-state index >= 15 is 0 Å². The molecule has 2 amide bonds. The van der Waals surface area contributed by atoms with Crippen LogP contribution < -0.4 is 10.1 Å². The second-order valence-electron chi connectivity index (χ2n) is 8.78. The summed E-state index contributed by atoms with van der Waals surface area (Å²) < 4.78 is 5.39. The van der Waals surface area contributed by atoms with Crippen molar-refractivity contribution in [2.75, 3.05) is 19.4 Å². The highest BCUT2D eigenvalue weighted by molar-refractivity contribution is 7.99. The molecule has 0 aliphatic heterocycles. The number of thioether (sulfide) groups is 1. The van der Waals surface area contributed by atoms with Gasteiger partial charge in [0.2, 0.25) is 11.8 Å². The van der Waals surface area contributed by atoms with E-state index in [-0.39, 0.29) is 11.8 Å². The smallest absolute Gasteiger partial charge is 0.243 e. The molecule has 37 heavy (non-hydrogen) atoms. The third kappa shape index (κ3) is 9.45. The van der Waals surface area contributed by atoms with Crippen LogP contribution in [0, 0.1) is 0 Å². The van der Waals surface area contributed by atoms with Crippen molar-refractivity contribution in [1.82, 2.24) is 10.2 Å². The number of carbonyl (C=O) groups is 2. The first-order chi connectivity index (χ1) is 18.0. The molecule has 3 aromatic carbocycles. The molecule has 0 saturated carbocycles. The third-order valence-electron chi connectivity index (χ3n) is 5.99. The van der Waals surface area contributed by atoms with Gasteiger partial charge >= 0.3 is 0 Å². The largest absolute Gasteiger partial charge is 0.497 e. The Morgan fingerprint density at radius 3 is 2.43 bits per heavy atom. The normalized spacial score (nSPS) is 11.5. The second kappa shape index (κ2) is 15.3. The molecular formula is C30H35ClN2O3S. The zero-order chi connectivity index (χ0) is 26.5. The fraction of sp³-hybridized carbons (Fsp3) is 0.333. The van der Waals surface area contributed by atoms with E-state index < -0.39 is 6.04 Å². The van der Waals surface area contributed by atoms with E-state index in [1.165, 1.54) is 0 Å². The highest BCUT2D eigenvalue weighted by atomic mass is 35.5. The molecule has 7 heteroatoms. The third-order valence-corrected chi connectivity index (χ3v) is 7.25. The van der Waals surface area contributed by atoms with Crippen molar-refractivity contribution < 1.29 is 14.3 Å². The number of carbonyl (C=O) groups excluding carboxylic acids is 2. The Labute approximate surface area is 229 Å². The number of rotatable bonds is 14. The Kier molecular flexibility index (Phi) is 11.9. The first-order valence-electron chi connectivity index (χ1n) is 12.6.